The molecule has 2 unspecified atom stereocenters. The molecular formula is C9H18N2O4. The topological polar surface area (TPSA) is 113 Å². The van der Waals surface area contributed by atoms with Crippen LogP contribution < -0.4 is 11.1 Å². The van der Waals surface area contributed by atoms with E-state index in [9.17, 15) is 9.59 Å². The van der Waals surface area contributed by atoms with Crippen LogP contribution in [0.2, 0.25) is 0 Å². The van der Waals surface area contributed by atoms with Gasteiger partial charge in [-0.3, -0.25) is 4.79 Å². The Labute approximate surface area is 88.5 Å². The Morgan fingerprint density at radius 3 is 2.40 bits per heavy atom. The third-order valence-corrected chi connectivity index (χ3v) is 2.31. The molecule has 0 aliphatic carbocycles. The predicted octanol–water partition coefficient (Wildman–Crippen LogP) is -1.08. The van der Waals surface area contributed by atoms with Gasteiger partial charge in [0.1, 0.15) is 0 Å². The Hall–Kier alpha value is -1.14. The van der Waals surface area contributed by atoms with Crippen LogP contribution in [0.5, 0.6) is 0 Å². The van der Waals surface area contributed by atoms with Gasteiger partial charge in [-0.2, -0.15) is 0 Å². The van der Waals surface area contributed by atoms with Crippen molar-refractivity contribution in [1.29, 1.82) is 0 Å². The number of nitrogens with one attached hydrogen (secondary N) is 1. The highest BCUT2D eigenvalue weighted by Gasteiger charge is 2.21. The van der Waals surface area contributed by atoms with Crippen LogP contribution in [0.15, 0.2) is 0 Å². The summed E-state index contributed by atoms with van der Waals surface area (Å²) < 4.78 is 0. The number of carbonyl (C=O) groups excluding carboxylic acids is 1. The van der Waals surface area contributed by atoms with Crippen molar-refractivity contribution < 1.29 is 19.8 Å². The van der Waals surface area contributed by atoms with Crippen molar-refractivity contribution in [2.45, 2.75) is 32.4 Å². The van der Waals surface area contributed by atoms with E-state index in [2.05, 4.69) is 5.32 Å². The number of carboxylic acids is 1. The van der Waals surface area contributed by atoms with Gasteiger partial charge in [-0.05, 0) is 5.92 Å². The monoisotopic (exact) mass is 218 g/mol. The third kappa shape index (κ3) is 4.75. The van der Waals surface area contributed by atoms with Gasteiger partial charge < -0.3 is 21.3 Å². The van der Waals surface area contributed by atoms with E-state index in [0.717, 1.165) is 6.42 Å². The molecule has 6 nitrogen and oxygen atoms in total. The first-order valence-corrected chi connectivity index (χ1v) is 4.84. The molecule has 0 heterocycles. The summed E-state index contributed by atoms with van der Waals surface area (Å²) in [6.07, 6.45) is -0.825. The van der Waals surface area contributed by atoms with E-state index < -0.39 is 24.0 Å². The van der Waals surface area contributed by atoms with E-state index in [1.54, 1.807) is 0 Å². The van der Waals surface area contributed by atoms with Crippen molar-refractivity contribution in [3.05, 3.63) is 0 Å². The summed E-state index contributed by atoms with van der Waals surface area (Å²) in [6.45, 7) is 3.42. The van der Waals surface area contributed by atoms with Crippen LogP contribution >= 0.6 is 0 Å². The van der Waals surface area contributed by atoms with Crippen LogP contribution in [0.1, 0.15) is 20.3 Å². The Morgan fingerprint density at radius 2 is 2.00 bits per heavy atom. The first-order valence-electron chi connectivity index (χ1n) is 4.84. The molecule has 88 valence electrons. The second-order valence-electron chi connectivity index (χ2n) is 3.51. The summed E-state index contributed by atoms with van der Waals surface area (Å²) >= 11 is 0. The summed E-state index contributed by atoms with van der Waals surface area (Å²) in [6, 6.07) is -0.670. The van der Waals surface area contributed by atoms with E-state index in [0.29, 0.717) is 0 Å². The Morgan fingerprint density at radius 1 is 1.47 bits per heavy atom. The van der Waals surface area contributed by atoms with Gasteiger partial charge in [0.2, 0.25) is 5.91 Å². The fourth-order valence-electron chi connectivity index (χ4n) is 0.915. The zero-order chi connectivity index (χ0) is 12.0. The molecule has 0 aromatic carbocycles. The number of aliphatic hydroxyl groups excluding tert-OH is 1. The Balaban J connectivity index is 3.98. The average Bonchev–Trinajstić information content (AvgIpc) is 2.22. The highest BCUT2D eigenvalue weighted by Crippen LogP contribution is 2.04. The Bertz CT molecular complexity index is 232. The average molecular weight is 218 g/mol. The number of carboxylic acid groups (broad SMARTS) is 1. The quantitative estimate of drug-likeness (QED) is 0.453. The normalized spacial score (nSPS) is 16.5. The maximum atomic E-state index is 11.3. The molecule has 5 N–H and O–H groups in total. The van der Waals surface area contributed by atoms with Crippen molar-refractivity contribution in [3.8, 4) is 0 Å². The van der Waals surface area contributed by atoms with Crippen molar-refractivity contribution in [2.75, 3.05) is 6.54 Å². The third-order valence-electron chi connectivity index (χ3n) is 2.31. The molecule has 0 spiro atoms. The first kappa shape index (κ1) is 13.9. The standard InChI is InChI=1S/C9H18N2O4/c1-3-5(2)7(10)8(13)11-4-6(12)9(14)15/h5-7,12H,3-4,10H2,1-2H3,(H,11,13)(H,14,15)/t5?,6?,7-/m0/s1. The smallest absolute Gasteiger partial charge is 0.334 e. The lowest BCUT2D eigenvalue weighted by Crippen LogP contribution is -2.47. The van der Waals surface area contributed by atoms with Crippen LogP contribution in [-0.4, -0.2) is 40.8 Å². The lowest BCUT2D eigenvalue weighted by Gasteiger charge is -2.18. The molecule has 0 saturated carbocycles. The second kappa shape index (κ2) is 6.36. The predicted molar refractivity (Wildman–Crippen MR) is 54.1 cm³/mol. The molecule has 0 aromatic rings. The molecule has 0 aliphatic rings. The summed E-state index contributed by atoms with van der Waals surface area (Å²) in [7, 11) is 0. The molecule has 0 bridgehead atoms. The number of amides is 1. The minimum Gasteiger partial charge on any atom is -0.479 e. The SMILES string of the molecule is CCC(C)[C@H](N)C(=O)NCC(O)C(=O)O. The van der Waals surface area contributed by atoms with Gasteiger partial charge in [0.05, 0.1) is 12.6 Å². The molecule has 3 atom stereocenters. The molecule has 6 heteroatoms. The number of rotatable bonds is 6. The van der Waals surface area contributed by atoms with Gasteiger partial charge in [-0.15, -0.1) is 0 Å². The van der Waals surface area contributed by atoms with Crippen molar-refractivity contribution >= 4 is 11.9 Å². The van der Waals surface area contributed by atoms with Crippen LogP contribution in [0.3, 0.4) is 0 Å². The Kier molecular flexibility index (Phi) is 5.88. The zero-order valence-corrected chi connectivity index (χ0v) is 8.93. The second-order valence-corrected chi connectivity index (χ2v) is 3.51. The lowest BCUT2D eigenvalue weighted by atomic mass is 9.99. The molecular weight excluding hydrogens is 200 g/mol. The minimum absolute atomic E-state index is 0.0203. The van der Waals surface area contributed by atoms with Gasteiger partial charge >= 0.3 is 5.97 Å². The minimum atomic E-state index is -1.59. The molecule has 0 saturated heterocycles. The number of aliphatic hydroxyl groups is 1. The molecule has 0 aliphatic heterocycles. The van der Waals surface area contributed by atoms with Gasteiger partial charge in [-0.1, -0.05) is 20.3 Å². The number of carbonyl (C=O) groups is 2. The molecule has 0 radical (unpaired) electrons. The first-order chi connectivity index (χ1) is 6.90. The molecule has 15 heavy (non-hydrogen) atoms. The summed E-state index contributed by atoms with van der Waals surface area (Å²) in [5.74, 6) is -1.79. The summed E-state index contributed by atoms with van der Waals surface area (Å²) in [5.41, 5.74) is 5.59. The largest absolute Gasteiger partial charge is 0.479 e. The van der Waals surface area contributed by atoms with Crippen molar-refractivity contribution in [1.82, 2.24) is 5.32 Å². The number of nitrogens with two attached hydrogens (primary N) is 1. The highest BCUT2D eigenvalue weighted by molar-refractivity contribution is 5.82. The van der Waals surface area contributed by atoms with Crippen LogP contribution in [0, 0.1) is 5.92 Å². The number of hydrogen-bond acceptors (Lipinski definition) is 4. The highest BCUT2D eigenvalue weighted by atomic mass is 16.4. The number of hydrogen-bond donors (Lipinski definition) is 4. The fourth-order valence-corrected chi connectivity index (χ4v) is 0.915. The zero-order valence-electron chi connectivity index (χ0n) is 8.93. The summed E-state index contributed by atoms with van der Waals surface area (Å²) in [5, 5.41) is 19.5. The van der Waals surface area contributed by atoms with Crippen molar-refractivity contribution in [3.63, 3.8) is 0 Å². The molecule has 1 amide bonds. The van der Waals surface area contributed by atoms with E-state index in [-0.39, 0.29) is 12.5 Å². The van der Waals surface area contributed by atoms with Crippen molar-refractivity contribution in [2.24, 2.45) is 11.7 Å². The van der Waals surface area contributed by atoms with E-state index >= 15 is 0 Å². The molecule has 0 fully saturated rings. The van der Waals surface area contributed by atoms with Gasteiger partial charge in [0.15, 0.2) is 6.10 Å². The van der Waals surface area contributed by atoms with Crippen LogP contribution in [0.4, 0.5) is 0 Å². The maximum Gasteiger partial charge on any atom is 0.334 e. The van der Waals surface area contributed by atoms with Gasteiger partial charge in [-0.25, -0.2) is 4.79 Å². The fraction of sp³-hybridized carbons (Fsp3) is 0.778. The van der Waals surface area contributed by atoms with E-state index in [1.165, 1.54) is 0 Å². The number of aliphatic carboxylic acids is 1. The lowest BCUT2D eigenvalue weighted by molar-refractivity contribution is -0.146. The molecule has 0 aromatic heterocycles. The maximum absolute atomic E-state index is 11.3. The molecule has 0 rings (SSSR count). The van der Waals surface area contributed by atoms with Crippen LogP contribution in [0.25, 0.3) is 0 Å². The van der Waals surface area contributed by atoms with Gasteiger partial charge in [0.25, 0.3) is 0 Å². The summed E-state index contributed by atoms with van der Waals surface area (Å²) in [4.78, 5) is 21.6. The van der Waals surface area contributed by atoms with Crippen LogP contribution in [-0.2, 0) is 9.59 Å². The van der Waals surface area contributed by atoms with E-state index in [4.69, 9.17) is 15.9 Å². The van der Waals surface area contributed by atoms with E-state index in [1.807, 2.05) is 13.8 Å². The van der Waals surface area contributed by atoms with Gasteiger partial charge in [0, 0.05) is 0 Å².